The second-order valence-corrected chi connectivity index (χ2v) is 7.05. The van der Waals surface area contributed by atoms with Crippen molar-refractivity contribution in [3.8, 4) is 0 Å². The average molecular weight is 299 g/mol. The number of hydrogen-bond donors (Lipinski definition) is 1. The smallest absolute Gasteiger partial charge is 0.229 e. The fraction of sp³-hybridized carbons (Fsp3) is 0.278. The molecule has 2 nitrogen and oxygen atoms in total. The van der Waals surface area contributed by atoms with Crippen molar-refractivity contribution < 1.29 is 4.79 Å². The molecule has 0 heterocycles. The molecular weight excluding hydrogens is 278 g/mol. The summed E-state index contributed by atoms with van der Waals surface area (Å²) in [6, 6.07) is 18.4. The monoisotopic (exact) mass is 299 g/mol. The maximum Gasteiger partial charge on any atom is 0.229 e. The highest BCUT2D eigenvalue weighted by atomic mass is 32.2. The number of amides is 1. The van der Waals surface area contributed by atoms with E-state index in [0.29, 0.717) is 0 Å². The van der Waals surface area contributed by atoms with Crippen LogP contribution in [0.25, 0.3) is 0 Å². The predicted molar refractivity (Wildman–Crippen MR) is 90.5 cm³/mol. The summed E-state index contributed by atoms with van der Waals surface area (Å²) in [6.45, 7) is 5.73. The van der Waals surface area contributed by atoms with Gasteiger partial charge in [0.05, 0.1) is 0 Å². The summed E-state index contributed by atoms with van der Waals surface area (Å²) in [6.07, 6.45) is 0. The SMILES string of the molecule is CC(C)(C)C(=O)Nc1ccc(CSc2ccccc2)cc1. The number of hydrogen-bond acceptors (Lipinski definition) is 2. The number of rotatable bonds is 4. The van der Waals surface area contributed by atoms with Crippen molar-refractivity contribution in [1.29, 1.82) is 0 Å². The quantitative estimate of drug-likeness (QED) is 0.808. The standard InChI is InChI=1S/C18H21NOS/c1-18(2,3)17(20)19-15-11-9-14(10-12-15)13-21-16-7-5-4-6-8-16/h4-12H,13H2,1-3H3,(H,19,20). The third-order valence-corrected chi connectivity index (χ3v) is 4.12. The van der Waals surface area contributed by atoms with Crippen LogP contribution in [-0.2, 0) is 10.5 Å². The molecule has 2 rings (SSSR count). The molecule has 0 aliphatic carbocycles. The molecule has 0 unspecified atom stereocenters. The third-order valence-electron chi connectivity index (χ3n) is 3.04. The van der Waals surface area contributed by atoms with E-state index in [4.69, 9.17) is 0 Å². The number of carbonyl (C=O) groups is 1. The summed E-state index contributed by atoms with van der Waals surface area (Å²) in [5.41, 5.74) is 1.72. The lowest BCUT2D eigenvalue weighted by atomic mass is 9.95. The highest BCUT2D eigenvalue weighted by Gasteiger charge is 2.20. The lowest BCUT2D eigenvalue weighted by Crippen LogP contribution is -2.27. The number of carbonyl (C=O) groups excluding carboxylic acids is 1. The highest BCUT2D eigenvalue weighted by molar-refractivity contribution is 7.98. The Morgan fingerprint density at radius 3 is 2.19 bits per heavy atom. The van der Waals surface area contributed by atoms with Gasteiger partial charge >= 0.3 is 0 Å². The van der Waals surface area contributed by atoms with E-state index in [2.05, 4.69) is 29.6 Å². The highest BCUT2D eigenvalue weighted by Crippen LogP contribution is 2.23. The molecule has 0 bridgehead atoms. The molecule has 0 radical (unpaired) electrons. The van der Waals surface area contributed by atoms with Gasteiger partial charge in [-0.2, -0.15) is 0 Å². The van der Waals surface area contributed by atoms with Crippen LogP contribution >= 0.6 is 11.8 Å². The lowest BCUT2D eigenvalue weighted by molar-refractivity contribution is -0.123. The van der Waals surface area contributed by atoms with E-state index in [1.54, 1.807) is 0 Å². The van der Waals surface area contributed by atoms with E-state index in [1.807, 2.05) is 62.9 Å². The summed E-state index contributed by atoms with van der Waals surface area (Å²) in [4.78, 5) is 13.2. The Balaban J connectivity index is 1.92. The fourth-order valence-corrected chi connectivity index (χ4v) is 2.56. The fourth-order valence-electron chi connectivity index (χ4n) is 1.69. The van der Waals surface area contributed by atoms with Crippen LogP contribution in [0, 0.1) is 5.41 Å². The van der Waals surface area contributed by atoms with Gasteiger partial charge < -0.3 is 5.32 Å². The molecule has 1 amide bonds. The number of thioether (sulfide) groups is 1. The average Bonchev–Trinajstić information content (AvgIpc) is 2.46. The van der Waals surface area contributed by atoms with Gasteiger partial charge in [-0.3, -0.25) is 4.79 Å². The van der Waals surface area contributed by atoms with Crippen molar-refractivity contribution in [3.63, 3.8) is 0 Å². The molecule has 1 N–H and O–H groups in total. The van der Waals surface area contributed by atoms with E-state index in [1.165, 1.54) is 10.5 Å². The van der Waals surface area contributed by atoms with Gasteiger partial charge in [-0.05, 0) is 29.8 Å². The molecule has 0 spiro atoms. The van der Waals surface area contributed by atoms with Crippen LogP contribution in [0.15, 0.2) is 59.5 Å². The molecule has 2 aromatic carbocycles. The van der Waals surface area contributed by atoms with Gasteiger partial charge in [-0.1, -0.05) is 51.1 Å². The van der Waals surface area contributed by atoms with Gasteiger partial charge in [0.25, 0.3) is 0 Å². The minimum absolute atomic E-state index is 0.0360. The van der Waals surface area contributed by atoms with Crippen molar-refractivity contribution in [2.24, 2.45) is 5.41 Å². The van der Waals surface area contributed by atoms with Crippen LogP contribution in [0.2, 0.25) is 0 Å². The van der Waals surface area contributed by atoms with E-state index in [0.717, 1.165) is 11.4 Å². The van der Waals surface area contributed by atoms with E-state index >= 15 is 0 Å². The normalized spacial score (nSPS) is 11.2. The largest absolute Gasteiger partial charge is 0.326 e. The Morgan fingerprint density at radius 2 is 1.62 bits per heavy atom. The maximum absolute atomic E-state index is 11.9. The van der Waals surface area contributed by atoms with Crippen molar-refractivity contribution in [2.75, 3.05) is 5.32 Å². The van der Waals surface area contributed by atoms with Gasteiger partial charge in [-0.25, -0.2) is 0 Å². The van der Waals surface area contributed by atoms with Gasteiger partial charge in [0.2, 0.25) is 5.91 Å². The first-order valence-electron chi connectivity index (χ1n) is 7.03. The van der Waals surface area contributed by atoms with Crippen LogP contribution in [0.4, 0.5) is 5.69 Å². The molecule has 2 aromatic rings. The van der Waals surface area contributed by atoms with Gasteiger partial charge in [-0.15, -0.1) is 11.8 Å². The number of anilines is 1. The van der Waals surface area contributed by atoms with Crippen LogP contribution in [-0.4, -0.2) is 5.91 Å². The minimum atomic E-state index is -0.373. The summed E-state index contributed by atoms with van der Waals surface area (Å²) < 4.78 is 0. The Labute approximate surface area is 131 Å². The lowest BCUT2D eigenvalue weighted by Gasteiger charge is -2.17. The minimum Gasteiger partial charge on any atom is -0.326 e. The first-order valence-corrected chi connectivity index (χ1v) is 8.02. The van der Waals surface area contributed by atoms with Crippen molar-refractivity contribution in [2.45, 2.75) is 31.4 Å². The van der Waals surface area contributed by atoms with Crippen LogP contribution < -0.4 is 5.32 Å². The second-order valence-electron chi connectivity index (χ2n) is 6.00. The summed E-state index contributed by atoms with van der Waals surface area (Å²) in [5, 5.41) is 2.94. The molecule has 0 aromatic heterocycles. The second kappa shape index (κ2) is 6.81. The zero-order valence-corrected chi connectivity index (χ0v) is 13.5. The topological polar surface area (TPSA) is 29.1 Å². The van der Waals surface area contributed by atoms with Crippen LogP contribution in [0.3, 0.4) is 0 Å². The third kappa shape index (κ3) is 4.94. The zero-order valence-electron chi connectivity index (χ0n) is 12.7. The summed E-state index contributed by atoms with van der Waals surface area (Å²) >= 11 is 1.81. The van der Waals surface area contributed by atoms with E-state index in [9.17, 15) is 4.79 Å². The molecule has 0 aliphatic rings. The Bertz CT molecular complexity index is 585. The Morgan fingerprint density at radius 1 is 1.00 bits per heavy atom. The molecule has 0 saturated heterocycles. The van der Waals surface area contributed by atoms with Gasteiger partial charge in [0.15, 0.2) is 0 Å². The first kappa shape index (κ1) is 15.6. The molecule has 0 saturated carbocycles. The zero-order chi connectivity index (χ0) is 15.3. The van der Waals surface area contributed by atoms with Crippen LogP contribution in [0.1, 0.15) is 26.3 Å². The molecule has 21 heavy (non-hydrogen) atoms. The van der Waals surface area contributed by atoms with Gasteiger partial charge in [0.1, 0.15) is 0 Å². The molecule has 0 atom stereocenters. The molecule has 0 fully saturated rings. The van der Waals surface area contributed by atoms with E-state index in [-0.39, 0.29) is 11.3 Å². The Kier molecular flexibility index (Phi) is 5.07. The van der Waals surface area contributed by atoms with Gasteiger partial charge in [0, 0.05) is 21.8 Å². The van der Waals surface area contributed by atoms with Crippen LogP contribution in [0.5, 0.6) is 0 Å². The summed E-state index contributed by atoms with van der Waals surface area (Å²) in [7, 11) is 0. The van der Waals surface area contributed by atoms with Crippen molar-refractivity contribution in [1.82, 2.24) is 0 Å². The molecule has 110 valence electrons. The molecule has 0 aliphatic heterocycles. The Hall–Kier alpha value is -1.74. The van der Waals surface area contributed by atoms with Crippen molar-refractivity contribution in [3.05, 3.63) is 60.2 Å². The maximum atomic E-state index is 11.9. The first-order chi connectivity index (χ1) is 9.95. The van der Waals surface area contributed by atoms with E-state index < -0.39 is 0 Å². The summed E-state index contributed by atoms with van der Waals surface area (Å²) in [5.74, 6) is 0.964. The predicted octanol–water partition coefficient (Wildman–Crippen LogP) is 4.96. The number of benzene rings is 2. The molecule has 3 heteroatoms. The number of nitrogens with one attached hydrogen (secondary N) is 1. The molecular formula is C18H21NOS. The van der Waals surface area contributed by atoms with Crippen molar-refractivity contribution >= 4 is 23.4 Å².